The lowest BCUT2D eigenvalue weighted by Gasteiger charge is -2.24. The van der Waals surface area contributed by atoms with Crippen LogP contribution in [0.2, 0.25) is 0 Å². The maximum absolute atomic E-state index is 11.2. The van der Waals surface area contributed by atoms with Crippen molar-refractivity contribution in [1.82, 2.24) is 0 Å². The summed E-state index contributed by atoms with van der Waals surface area (Å²) in [4.78, 5) is 33.4. The van der Waals surface area contributed by atoms with Crippen molar-refractivity contribution in [3.63, 3.8) is 0 Å². The molecule has 3 nitrogen and oxygen atoms in total. The second-order valence-corrected chi connectivity index (χ2v) is 4.33. The Morgan fingerprint density at radius 2 is 1.57 bits per heavy atom. The molecule has 0 radical (unpaired) electrons. The highest BCUT2D eigenvalue weighted by Gasteiger charge is 2.55. The van der Waals surface area contributed by atoms with Crippen molar-refractivity contribution >= 4 is 50.5 Å². The Bertz CT molecular complexity index is 286. The van der Waals surface area contributed by atoms with Crippen LogP contribution in [0.5, 0.6) is 0 Å². The molecule has 14 heavy (non-hydrogen) atoms. The zero-order valence-corrected chi connectivity index (χ0v) is 9.33. The highest BCUT2D eigenvalue weighted by atomic mass is 35.5. The predicted octanol–water partition coefficient (Wildman–Crippen LogP) is 2.07. The number of rotatable bonds is 3. The van der Waals surface area contributed by atoms with Gasteiger partial charge in [-0.05, 0) is 47.6 Å². The smallest absolute Gasteiger partial charge is 0.237 e. The van der Waals surface area contributed by atoms with E-state index in [9.17, 15) is 14.4 Å². The molecule has 0 aromatic rings. The van der Waals surface area contributed by atoms with Crippen LogP contribution in [0.25, 0.3) is 0 Å². The minimum atomic E-state index is -1.60. The Balaban J connectivity index is 3.14. The van der Waals surface area contributed by atoms with Gasteiger partial charge in [-0.2, -0.15) is 0 Å². The van der Waals surface area contributed by atoms with Crippen LogP contribution >= 0.6 is 34.8 Å². The molecule has 78 valence electrons. The van der Waals surface area contributed by atoms with Gasteiger partial charge < -0.3 is 0 Å². The topological polar surface area (TPSA) is 51.2 Å². The molecule has 0 aromatic heterocycles. The molecule has 6 heteroatoms. The van der Waals surface area contributed by atoms with E-state index < -0.39 is 27.1 Å². The number of carbonyl (C=O) groups excluding carboxylic acids is 3. The molecule has 1 fully saturated rings. The highest BCUT2D eigenvalue weighted by molar-refractivity contribution is 6.76. The molecular formula is C8H7Cl3O3. The Kier molecular flexibility index (Phi) is 3.56. The molecule has 1 unspecified atom stereocenters. The summed E-state index contributed by atoms with van der Waals surface area (Å²) >= 11 is 15.9. The summed E-state index contributed by atoms with van der Waals surface area (Å²) in [5, 5.41) is -2.52. The number of hydrogen-bond acceptors (Lipinski definition) is 3. The molecule has 0 aromatic carbocycles. The largest absolute Gasteiger partial charge is 0.281 e. The molecule has 0 N–H and O–H groups in total. The highest BCUT2D eigenvalue weighted by Crippen LogP contribution is 2.47. The van der Waals surface area contributed by atoms with Crippen molar-refractivity contribution < 1.29 is 14.4 Å². The van der Waals surface area contributed by atoms with Crippen molar-refractivity contribution in [2.45, 2.75) is 19.3 Å². The minimum Gasteiger partial charge on any atom is -0.281 e. The molecule has 0 aliphatic heterocycles. The monoisotopic (exact) mass is 256 g/mol. The van der Waals surface area contributed by atoms with Crippen LogP contribution < -0.4 is 0 Å². The first-order valence-corrected chi connectivity index (χ1v) is 5.15. The van der Waals surface area contributed by atoms with Crippen LogP contribution in [0.4, 0.5) is 0 Å². The fraction of sp³-hybridized carbons (Fsp3) is 0.625. The van der Waals surface area contributed by atoms with Crippen molar-refractivity contribution in [3.05, 3.63) is 0 Å². The molecule has 0 spiro atoms. The second-order valence-electron chi connectivity index (χ2n) is 3.27. The quantitative estimate of drug-likeness (QED) is 0.574. The van der Waals surface area contributed by atoms with E-state index in [2.05, 4.69) is 0 Å². The van der Waals surface area contributed by atoms with Crippen LogP contribution in [-0.2, 0) is 14.4 Å². The van der Waals surface area contributed by atoms with Crippen molar-refractivity contribution in [1.29, 1.82) is 0 Å². The Hall–Kier alpha value is -0.120. The summed E-state index contributed by atoms with van der Waals surface area (Å²) in [6.07, 6.45) is 1.11. The molecule has 0 saturated heterocycles. The molecular weight excluding hydrogens is 250 g/mol. The number of carbonyl (C=O) groups is 3. The van der Waals surface area contributed by atoms with E-state index in [0.717, 1.165) is 0 Å². The van der Waals surface area contributed by atoms with Crippen molar-refractivity contribution in [2.24, 2.45) is 11.3 Å². The lowest BCUT2D eigenvalue weighted by molar-refractivity contribution is -0.137. The van der Waals surface area contributed by atoms with E-state index in [0.29, 0.717) is 12.8 Å². The molecule has 0 amide bonds. The van der Waals surface area contributed by atoms with Crippen LogP contribution in [0.3, 0.4) is 0 Å². The average Bonchev–Trinajstić information content (AvgIpc) is 2.47. The number of halogens is 3. The normalized spacial score (nSPS) is 24.6. The first kappa shape index (κ1) is 12.0. The maximum atomic E-state index is 11.2. The molecule has 0 heterocycles. The van der Waals surface area contributed by atoms with Gasteiger partial charge in [0.25, 0.3) is 0 Å². The van der Waals surface area contributed by atoms with Gasteiger partial charge in [-0.15, -0.1) is 0 Å². The Morgan fingerprint density at radius 1 is 1.07 bits per heavy atom. The fourth-order valence-corrected chi connectivity index (χ4v) is 2.83. The summed E-state index contributed by atoms with van der Waals surface area (Å²) in [7, 11) is 0. The maximum Gasteiger partial charge on any atom is 0.237 e. The van der Waals surface area contributed by atoms with E-state index in [1.54, 1.807) is 0 Å². The summed E-state index contributed by atoms with van der Waals surface area (Å²) < 4.78 is 0. The average molecular weight is 258 g/mol. The minimum absolute atomic E-state index is 0.195. The third-order valence-electron chi connectivity index (χ3n) is 2.63. The molecule has 0 bridgehead atoms. The third kappa shape index (κ3) is 1.69. The second kappa shape index (κ2) is 4.17. The van der Waals surface area contributed by atoms with Crippen molar-refractivity contribution in [3.8, 4) is 0 Å². The van der Waals surface area contributed by atoms with Gasteiger partial charge in [0.1, 0.15) is 5.41 Å². The summed E-state index contributed by atoms with van der Waals surface area (Å²) in [6, 6.07) is 0. The molecule has 1 saturated carbocycles. The van der Waals surface area contributed by atoms with E-state index >= 15 is 0 Å². The fourth-order valence-electron chi connectivity index (χ4n) is 1.86. The van der Waals surface area contributed by atoms with E-state index in [-0.39, 0.29) is 6.42 Å². The zero-order chi connectivity index (χ0) is 10.9. The van der Waals surface area contributed by atoms with E-state index in [4.69, 9.17) is 34.8 Å². The summed E-state index contributed by atoms with van der Waals surface area (Å²) in [5.74, 6) is -0.876. The number of hydrogen-bond donors (Lipinski definition) is 0. The van der Waals surface area contributed by atoms with Gasteiger partial charge in [0.2, 0.25) is 15.7 Å². The summed E-state index contributed by atoms with van der Waals surface area (Å²) in [6.45, 7) is 0. The van der Waals surface area contributed by atoms with E-state index in [1.807, 2.05) is 0 Å². The standard InChI is InChI=1S/C8H7Cl3O3/c9-5(12)4-2-1-3-8(4,6(10)13)7(11)14/h4H,1-3H2. The van der Waals surface area contributed by atoms with Gasteiger partial charge in [-0.3, -0.25) is 14.4 Å². The third-order valence-corrected chi connectivity index (χ3v) is 3.57. The van der Waals surface area contributed by atoms with Gasteiger partial charge in [-0.1, -0.05) is 6.42 Å². The molecule has 1 atom stereocenters. The first-order valence-electron chi connectivity index (χ1n) is 4.02. The van der Waals surface area contributed by atoms with Crippen LogP contribution in [-0.4, -0.2) is 15.7 Å². The lowest BCUT2D eigenvalue weighted by Crippen LogP contribution is -2.40. The molecule has 1 aliphatic rings. The first-order chi connectivity index (χ1) is 6.43. The van der Waals surface area contributed by atoms with Gasteiger partial charge in [-0.25, -0.2) is 0 Å². The molecule has 1 rings (SSSR count). The molecule has 1 aliphatic carbocycles. The van der Waals surface area contributed by atoms with Gasteiger partial charge in [0.15, 0.2) is 0 Å². The van der Waals surface area contributed by atoms with Crippen molar-refractivity contribution in [2.75, 3.05) is 0 Å². The van der Waals surface area contributed by atoms with Crippen LogP contribution in [0.1, 0.15) is 19.3 Å². The Labute approximate surface area is 95.7 Å². The van der Waals surface area contributed by atoms with Gasteiger partial charge in [0, 0.05) is 0 Å². The van der Waals surface area contributed by atoms with E-state index in [1.165, 1.54) is 0 Å². The lowest BCUT2D eigenvalue weighted by atomic mass is 9.81. The predicted molar refractivity (Wildman–Crippen MR) is 52.4 cm³/mol. The van der Waals surface area contributed by atoms with Gasteiger partial charge in [0.05, 0.1) is 5.92 Å². The Morgan fingerprint density at radius 3 is 1.86 bits per heavy atom. The van der Waals surface area contributed by atoms with Crippen LogP contribution in [0.15, 0.2) is 0 Å². The van der Waals surface area contributed by atoms with Crippen LogP contribution in [0, 0.1) is 11.3 Å². The summed E-state index contributed by atoms with van der Waals surface area (Å²) in [5.41, 5.74) is -1.60. The zero-order valence-electron chi connectivity index (χ0n) is 7.06. The SMILES string of the molecule is O=C(Cl)C1CCCC1(C(=O)Cl)C(=O)Cl. The van der Waals surface area contributed by atoms with Gasteiger partial charge >= 0.3 is 0 Å².